The van der Waals surface area contributed by atoms with E-state index in [4.69, 9.17) is 10.5 Å². The zero-order valence-electron chi connectivity index (χ0n) is 17.1. The van der Waals surface area contributed by atoms with Gasteiger partial charge in [0.05, 0.1) is 18.9 Å². The van der Waals surface area contributed by atoms with Crippen LogP contribution in [0.3, 0.4) is 0 Å². The molecule has 0 radical (unpaired) electrons. The fourth-order valence-electron chi connectivity index (χ4n) is 4.16. The maximum absolute atomic E-state index is 13.0. The summed E-state index contributed by atoms with van der Waals surface area (Å²) in [5.41, 5.74) is 6.14. The van der Waals surface area contributed by atoms with Crippen molar-refractivity contribution in [2.45, 2.75) is 45.6 Å². The first-order chi connectivity index (χ1) is 13.4. The Morgan fingerprint density at radius 3 is 2.61 bits per heavy atom. The Hall–Kier alpha value is -2.08. The van der Waals surface area contributed by atoms with Crippen LogP contribution in [0.4, 0.5) is 0 Å². The standard InChI is InChI=1S/C22H33N3O3/c1-22(2)16-25(13-10-19(22)23)21(27)17-7-6-12-24(15-17)20(26)11-14-28-18-8-4-3-5-9-18/h3-5,8-9,17,19H,6-7,10-16,23H2,1-2H3. The van der Waals surface area contributed by atoms with E-state index in [9.17, 15) is 9.59 Å². The third kappa shape index (κ3) is 5.04. The van der Waals surface area contributed by atoms with Gasteiger partial charge in [0, 0.05) is 32.2 Å². The summed E-state index contributed by atoms with van der Waals surface area (Å²) in [6.45, 7) is 7.27. The molecule has 154 valence electrons. The van der Waals surface area contributed by atoms with E-state index in [1.54, 1.807) is 0 Å². The maximum atomic E-state index is 13.0. The van der Waals surface area contributed by atoms with Crippen LogP contribution in [-0.4, -0.2) is 60.4 Å². The second kappa shape index (κ2) is 8.95. The Bertz CT molecular complexity index is 677. The summed E-state index contributed by atoms with van der Waals surface area (Å²) in [6.07, 6.45) is 2.90. The van der Waals surface area contributed by atoms with Crippen molar-refractivity contribution in [2.75, 3.05) is 32.8 Å². The van der Waals surface area contributed by atoms with E-state index in [0.717, 1.165) is 38.1 Å². The van der Waals surface area contributed by atoms with Crippen molar-refractivity contribution in [3.63, 3.8) is 0 Å². The summed E-state index contributed by atoms with van der Waals surface area (Å²) in [4.78, 5) is 29.4. The van der Waals surface area contributed by atoms with Crippen molar-refractivity contribution in [3.8, 4) is 5.75 Å². The van der Waals surface area contributed by atoms with Crippen LogP contribution in [0.1, 0.15) is 39.5 Å². The normalized spacial score (nSPS) is 24.7. The molecule has 2 heterocycles. The van der Waals surface area contributed by atoms with Gasteiger partial charge in [0.1, 0.15) is 5.75 Å². The highest BCUT2D eigenvalue weighted by atomic mass is 16.5. The molecule has 6 heteroatoms. The molecule has 1 aromatic rings. The predicted molar refractivity (Wildman–Crippen MR) is 109 cm³/mol. The predicted octanol–water partition coefficient (Wildman–Crippen LogP) is 2.28. The van der Waals surface area contributed by atoms with Gasteiger partial charge in [-0.1, -0.05) is 32.0 Å². The smallest absolute Gasteiger partial charge is 0.227 e. The molecule has 0 aromatic heterocycles. The summed E-state index contributed by atoms with van der Waals surface area (Å²) in [5, 5.41) is 0. The number of amides is 2. The summed E-state index contributed by atoms with van der Waals surface area (Å²) < 4.78 is 5.64. The van der Waals surface area contributed by atoms with Crippen LogP contribution < -0.4 is 10.5 Å². The lowest BCUT2D eigenvalue weighted by Crippen LogP contribution is -2.56. The maximum Gasteiger partial charge on any atom is 0.227 e. The Labute approximate surface area is 168 Å². The number of carbonyl (C=O) groups excluding carboxylic acids is 2. The van der Waals surface area contributed by atoms with Crippen molar-refractivity contribution < 1.29 is 14.3 Å². The SMILES string of the molecule is CC1(C)CN(C(=O)C2CCCN(C(=O)CCOc3ccccc3)C2)CCC1N. The summed E-state index contributed by atoms with van der Waals surface area (Å²) in [7, 11) is 0. The number of benzene rings is 1. The number of likely N-dealkylation sites (tertiary alicyclic amines) is 2. The highest BCUT2D eigenvalue weighted by molar-refractivity contribution is 5.81. The molecule has 3 rings (SSSR count). The molecule has 28 heavy (non-hydrogen) atoms. The molecule has 1 aromatic carbocycles. The molecule has 2 fully saturated rings. The second-order valence-corrected chi connectivity index (χ2v) is 8.73. The van der Waals surface area contributed by atoms with Crippen molar-refractivity contribution in [1.82, 2.24) is 9.80 Å². The largest absolute Gasteiger partial charge is 0.493 e. The Kier molecular flexibility index (Phi) is 6.60. The average Bonchev–Trinajstić information content (AvgIpc) is 2.70. The van der Waals surface area contributed by atoms with E-state index in [2.05, 4.69) is 13.8 Å². The Morgan fingerprint density at radius 2 is 1.89 bits per heavy atom. The second-order valence-electron chi connectivity index (χ2n) is 8.73. The minimum Gasteiger partial charge on any atom is -0.493 e. The molecular formula is C22H33N3O3. The first-order valence-corrected chi connectivity index (χ1v) is 10.4. The molecule has 2 N–H and O–H groups in total. The zero-order chi connectivity index (χ0) is 20.1. The molecule has 2 aliphatic rings. The molecule has 0 spiro atoms. The lowest BCUT2D eigenvalue weighted by Gasteiger charge is -2.44. The lowest BCUT2D eigenvalue weighted by molar-refractivity contribution is -0.143. The third-order valence-corrected chi connectivity index (χ3v) is 6.08. The Balaban J connectivity index is 1.49. The van der Waals surface area contributed by atoms with Gasteiger partial charge in [0.2, 0.25) is 11.8 Å². The van der Waals surface area contributed by atoms with Gasteiger partial charge in [0.25, 0.3) is 0 Å². The lowest BCUT2D eigenvalue weighted by atomic mass is 9.79. The Morgan fingerprint density at radius 1 is 1.14 bits per heavy atom. The molecule has 0 bridgehead atoms. The third-order valence-electron chi connectivity index (χ3n) is 6.08. The van der Waals surface area contributed by atoms with Crippen molar-refractivity contribution in [1.29, 1.82) is 0 Å². The van der Waals surface area contributed by atoms with Crippen LogP contribution in [0.25, 0.3) is 0 Å². The van der Waals surface area contributed by atoms with Crippen molar-refractivity contribution in [3.05, 3.63) is 30.3 Å². The van der Waals surface area contributed by atoms with Crippen LogP contribution in [-0.2, 0) is 9.59 Å². The molecule has 2 amide bonds. The van der Waals surface area contributed by atoms with Crippen LogP contribution in [0.5, 0.6) is 5.75 Å². The van der Waals surface area contributed by atoms with Gasteiger partial charge in [-0.05, 0) is 36.8 Å². The fraction of sp³-hybridized carbons (Fsp3) is 0.636. The summed E-state index contributed by atoms with van der Waals surface area (Å²) in [5.74, 6) is 0.915. The number of ether oxygens (including phenoxy) is 1. The summed E-state index contributed by atoms with van der Waals surface area (Å²) >= 11 is 0. The number of nitrogens with zero attached hydrogens (tertiary/aromatic N) is 2. The number of carbonyl (C=O) groups is 2. The van der Waals surface area contributed by atoms with Gasteiger partial charge in [-0.2, -0.15) is 0 Å². The van der Waals surface area contributed by atoms with E-state index in [1.807, 2.05) is 40.1 Å². The number of hydrogen-bond donors (Lipinski definition) is 1. The topological polar surface area (TPSA) is 75.9 Å². The number of nitrogens with two attached hydrogens (primary N) is 1. The first kappa shape index (κ1) is 20.6. The molecule has 0 aliphatic carbocycles. The first-order valence-electron chi connectivity index (χ1n) is 10.4. The molecular weight excluding hydrogens is 354 g/mol. The average molecular weight is 388 g/mol. The summed E-state index contributed by atoms with van der Waals surface area (Å²) in [6, 6.07) is 9.64. The number of rotatable bonds is 5. The minimum absolute atomic E-state index is 0.0626. The van der Waals surface area contributed by atoms with Gasteiger partial charge < -0.3 is 20.3 Å². The van der Waals surface area contributed by atoms with Crippen molar-refractivity contribution in [2.24, 2.45) is 17.1 Å². The van der Waals surface area contributed by atoms with Gasteiger partial charge in [0.15, 0.2) is 0 Å². The van der Waals surface area contributed by atoms with Crippen LogP contribution >= 0.6 is 0 Å². The van der Waals surface area contributed by atoms with E-state index >= 15 is 0 Å². The van der Waals surface area contributed by atoms with Crippen LogP contribution in [0.15, 0.2) is 30.3 Å². The highest BCUT2D eigenvalue weighted by Crippen LogP contribution is 2.30. The van der Waals surface area contributed by atoms with E-state index in [0.29, 0.717) is 26.1 Å². The van der Waals surface area contributed by atoms with Gasteiger partial charge in [-0.3, -0.25) is 9.59 Å². The van der Waals surface area contributed by atoms with Gasteiger partial charge in [-0.15, -0.1) is 0 Å². The molecule has 6 nitrogen and oxygen atoms in total. The number of piperidine rings is 2. The quantitative estimate of drug-likeness (QED) is 0.841. The van der Waals surface area contributed by atoms with Gasteiger partial charge in [-0.25, -0.2) is 0 Å². The molecule has 2 atom stereocenters. The molecule has 2 unspecified atom stereocenters. The molecule has 2 aliphatic heterocycles. The van der Waals surface area contributed by atoms with Crippen LogP contribution in [0.2, 0.25) is 0 Å². The number of hydrogen-bond acceptors (Lipinski definition) is 4. The molecule has 2 saturated heterocycles. The highest BCUT2D eigenvalue weighted by Gasteiger charge is 2.38. The van der Waals surface area contributed by atoms with Crippen molar-refractivity contribution >= 4 is 11.8 Å². The van der Waals surface area contributed by atoms with E-state index < -0.39 is 0 Å². The van der Waals surface area contributed by atoms with Gasteiger partial charge >= 0.3 is 0 Å². The molecule has 0 saturated carbocycles. The number of para-hydroxylation sites is 1. The zero-order valence-corrected chi connectivity index (χ0v) is 17.1. The van der Waals surface area contributed by atoms with E-state index in [1.165, 1.54) is 0 Å². The fourth-order valence-corrected chi connectivity index (χ4v) is 4.16. The van der Waals surface area contributed by atoms with Crippen LogP contribution in [0, 0.1) is 11.3 Å². The minimum atomic E-state index is -0.0992. The van der Waals surface area contributed by atoms with E-state index in [-0.39, 0.29) is 29.2 Å². The monoisotopic (exact) mass is 387 g/mol.